The van der Waals surface area contributed by atoms with Crippen molar-refractivity contribution in [3.63, 3.8) is 0 Å². The summed E-state index contributed by atoms with van der Waals surface area (Å²) < 4.78 is 32.5. The lowest BCUT2D eigenvalue weighted by molar-refractivity contribution is 0.0945. The molecule has 1 aliphatic carbocycles. The number of rotatable bonds is 9. The third-order valence-corrected chi connectivity index (χ3v) is 6.50. The second kappa shape index (κ2) is 9.01. The van der Waals surface area contributed by atoms with Crippen molar-refractivity contribution in [3.05, 3.63) is 76.9 Å². The van der Waals surface area contributed by atoms with Crippen LogP contribution < -0.4 is 10.0 Å². The standard InChI is InChI=1S/C22H22N4O5S/c1-14(27)16-8-10-19(11-9-16)32(29,30)24-12-15-2-4-18(5-3-15)22(28)23-13-20-25-21(26-31-20)17-6-7-17/h2-5,8-11,17,24H,6-7,12-13H2,1H3,(H,23,28). The lowest BCUT2D eigenvalue weighted by Gasteiger charge is -2.08. The number of hydrogen-bond donors (Lipinski definition) is 2. The molecule has 0 bridgehead atoms. The van der Waals surface area contributed by atoms with Crippen molar-refractivity contribution >= 4 is 21.7 Å². The summed E-state index contributed by atoms with van der Waals surface area (Å²) in [4.78, 5) is 28.0. The van der Waals surface area contributed by atoms with E-state index in [1.54, 1.807) is 24.3 Å². The van der Waals surface area contributed by atoms with Crippen molar-refractivity contribution in [2.75, 3.05) is 0 Å². The predicted molar refractivity (Wildman–Crippen MR) is 114 cm³/mol. The summed E-state index contributed by atoms with van der Waals surface area (Å²) in [5, 5.41) is 6.63. The molecule has 3 aromatic rings. The Kier molecular flexibility index (Phi) is 6.15. The van der Waals surface area contributed by atoms with Crippen LogP contribution in [0.2, 0.25) is 0 Å². The molecular formula is C22H22N4O5S. The average molecular weight is 455 g/mol. The molecule has 0 atom stereocenters. The van der Waals surface area contributed by atoms with Gasteiger partial charge in [-0.3, -0.25) is 9.59 Å². The van der Waals surface area contributed by atoms with Crippen molar-refractivity contribution in [1.82, 2.24) is 20.2 Å². The summed E-state index contributed by atoms with van der Waals surface area (Å²) in [6.45, 7) is 1.62. The number of nitrogens with one attached hydrogen (secondary N) is 2. The van der Waals surface area contributed by atoms with E-state index < -0.39 is 10.0 Å². The Hall–Kier alpha value is -3.37. The molecule has 1 aromatic heterocycles. The summed E-state index contributed by atoms with van der Waals surface area (Å²) >= 11 is 0. The SMILES string of the molecule is CC(=O)c1ccc(S(=O)(=O)NCc2ccc(C(=O)NCc3nc(C4CC4)no3)cc2)cc1. The van der Waals surface area contributed by atoms with Gasteiger partial charge < -0.3 is 9.84 Å². The van der Waals surface area contributed by atoms with Gasteiger partial charge in [-0.2, -0.15) is 4.98 Å². The summed E-state index contributed by atoms with van der Waals surface area (Å²) in [5.74, 6) is 1.01. The molecule has 1 heterocycles. The van der Waals surface area contributed by atoms with Gasteiger partial charge in [-0.05, 0) is 49.6 Å². The van der Waals surface area contributed by atoms with E-state index in [4.69, 9.17) is 4.52 Å². The van der Waals surface area contributed by atoms with Gasteiger partial charge in [0.25, 0.3) is 5.91 Å². The number of nitrogens with zero attached hydrogens (tertiary/aromatic N) is 2. The third kappa shape index (κ3) is 5.27. The Labute approximate surface area is 185 Å². The molecule has 0 saturated heterocycles. The summed E-state index contributed by atoms with van der Waals surface area (Å²) in [7, 11) is -3.73. The molecule has 1 aliphatic rings. The largest absolute Gasteiger partial charge is 0.343 e. The summed E-state index contributed by atoms with van der Waals surface area (Å²) in [5.41, 5.74) is 1.56. The van der Waals surface area contributed by atoms with Crippen molar-refractivity contribution < 1.29 is 22.5 Å². The van der Waals surface area contributed by atoms with Crippen LogP contribution >= 0.6 is 0 Å². The van der Waals surface area contributed by atoms with E-state index in [0.29, 0.717) is 34.3 Å². The smallest absolute Gasteiger partial charge is 0.251 e. The maximum absolute atomic E-state index is 12.4. The topological polar surface area (TPSA) is 131 Å². The number of hydrogen-bond acceptors (Lipinski definition) is 7. The Morgan fingerprint density at radius 2 is 1.66 bits per heavy atom. The van der Waals surface area contributed by atoms with Crippen LogP contribution in [0.1, 0.15) is 63.7 Å². The third-order valence-electron chi connectivity index (χ3n) is 5.08. The number of carbonyl (C=O) groups excluding carboxylic acids is 2. The van der Waals surface area contributed by atoms with Gasteiger partial charge in [0.1, 0.15) is 0 Å². The van der Waals surface area contributed by atoms with Gasteiger partial charge in [0.05, 0.1) is 11.4 Å². The zero-order chi connectivity index (χ0) is 22.7. The highest BCUT2D eigenvalue weighted by Crippen LogP contribution is 2.38. The zero-order valence-electron chi connectivity index (χ0n) is 17.4. The second-order valence-corrected chi connectivity index (χ2v) is 9.37. The fraction of sp³-hybridized carbons (Fsp3) is 0.273. The zero-order valence-corrected chi connectivity index (χ0v) is 18.2. The average Bonchev–Trinajstić information content (AvgIpc) is 3.54. The summed E-state index contributed by atoms with van der Waals surface area (Å²) in [6.07, 6.45) is 2.14. The Balaban J connectivity index is 1.30. The molecule has 0 radical (unpaired) electrons. The Bertz CT molecular complexity index is 1230. The maximum atomic E-state index is 12.4. The molecule has 1 fully saturated rings. The molecule has 2 aromatic carbocycles. The van der Waals surface area contributed by atoms with E-state index in [1.807, 2.05) is 0 Å². The van der Waals surface area contributed by atoms with E-state index in [1.165, 1.54) is 31.2 Å². The van der Waals surface area contributed by atoms with Gasteiger partial charge in [-0.15, -0.1) is 0 Å². The molecular weight excluding hydrogens is 432 g/mol. The number of aromatic nitrogens is 2. The van der Waals surface area contributed by atoms with Crippen molar-refractivity contribution in [2.45, 2.75) is 43.7 Å². The molecule has 2 N–H and O–H groups in total. The molecule has 4 rings (SSSR count). The van der Waals surface area contributed by atoms with E-state index in [2.05, 4.69) is 20.2 Å². The molecule has 9 nitrogen and oxygen atoms in total. The van der Waals surface area contributed by atoms with Crippen LogP contribution in [-0.4, -0.2) is 30.2 Å². The van der Waals surface area contributed by atoms with Crippen LogP contribution in [0.4, 0.5) is 0 Å². The fourth-order valence-corrected chi connectivity index (χ4v) is 4.03. The number of amides is 1. The van der Waals surface area contributed by atoms with Crippen LogP contribution in [0.5, 0.6) is 0 Å². The molecule has 1 amide bonds. The molecule has 32 heavy (non-hydrogen) atoms. The van der Waals surface area contributed by atoms with Gasteiger partial charge in [-0.25, -0.2) is 13.1 Å². The molecule has 166 valence electrons. The van der Waals surface area contributed by atoms with Crippen molar-refractivity contribution in [2.24, 2.45) is 0 Å². The van der Waals surface area contributed by atoms with Crippen LogP contribution in [0.15, 0.2) is 57.9 Å². The summed E-state index contributed by atoms with van der Waals surface area (Å²) in [6, 6.07) is 12.3. The first-order valence-electron chi connectivity index (χ1n) is 10.1. The van der Waals surface area contributed by atoms with E-state index in [0.717, 1.165) is 12.8 Å². The van der Waals surface area contributed by atoms with Crippen LogP contribution in [0, 0.1) is 0 Å². The minimum atomic E-state index is -3.73. The minimum absolute atomic E-state index is 0.0601. The predicted octanol–water partition coefficient (Wildman–Crippen LogP) is 2.56. The molecule has 10 heteroatoms. The van der Waals surface area contributed by atoms with Crippen molar-refractivity contribution in [3.8, 4) is 0 Å². The lowest BCUT2D eigenvalue weighted by atomic mass is 10.1. The Morgan fingerprint density at radius 1 is 1.00 bits per heavy atom. The Morgan fingerprint density at radius 3 is 2.28 bits per heavy atom. The number of ketones is 1. The highest BCUT2D eigenvalue weighted by Gasteiger charge is 2.28. The maximum Gasteiger partial charge on any atom is 0.251 e. The van der Waals surface area contributed by atoms with Gasteiger partial charge in [-0.1, -0.05) is 29.4 Å². The minimum Gasteiger partial charge on any atom is -0.343 e. The lowest BCUT2D eigenvalue weighted by Crippen LogP contribution is -2.24. The van der Waals surface area contributed by atoms with Gasteiger partial charge in [0.15, 0.2) is 11.6 Å². The normalized spacial score (nSPS) is 13.7. The van der Waals surface area contributed by atoms with Crippen LogP contribution in [-0.2, 0) is 23.1 Å². The van der Waals surface area contributed by atoms with Crippen molar-refractivity contribution in [1.29, 1.82) is 0 Å². The quantitative estimate of drug-likeness (QED) is 0.475. The first-order valence-corrected chi connectivity index (χ1v) is 11.6. The van der Waals surface area contributed by atoms with Crippen LogP contribution in [0.3, 0.4) is 0 Å². The van der Waals surface area contributed by atoms with E-state index in [-0.39, 0.29) is 29.7 Å². The first kappa shape index (κ1) is 21.8. The highest BCUT2D eigenvalue weighted by molar-refractivity contribution is 7.89. The van der Waals surface area contributed by atoms with Gasteiger partial charge in [0, 0.05) is 23.6 Å². The van der Waals surface area contributed by atoms with Gasteiger partial charge in [0.2, 0.25) is 15.9 Å². The number of benzene rings is 2. The molecule has 0 spiro atoms. The first-order chi connectivity index (χ1) is 15.3. The van der Waals surface area contributed by atoms with Gasteiger partial charge >= 0.3 is 0 Å². The molecule has 1 saturated carbocycles. The molecule has 0 unspecified atom stereocenters. The number of carbonyl (C=O) groups is 2. The number of Topliss-reactive ketones (excluding diaryl/α,β-unsaturated/α-hetero) is 1. The van der Waals surface area contributed by atoms with E-state index in [9.17, 15) is 18.0 Å². The second-order valence-electron chi connectivity index (χ2n) is 7.61. The highest BCUT2D eigenvalue weighted by atomic mass is 32.2. The number of sulfonamides is 1. The van der Waals surface area contributed by atoms with Crippen LogP contribution in [0.25, 0.3) is 0 Å². The van der Waals surface area contributed by atoms with E-state index >= 15 is 0 Å². The molecule has 0 aliphatic heterocycles. The monoisotopic (exact) mass is 454 g/mol. The fourth-order valence-electron chi connectivity index (χ4n) is 3.01.